The lowest BCUT2D eigenvalue weighted by Crippen LogP contribution is -1.89. The van der Waals surface area contributed by atoms with Crippen LogP contribution in [0.15, 0.2) is 24.3 Å². The zero-order chi connectivity index (χ0) is 9.90. The Morgan fingerprint density at radius 1 is 1.38 bits per heavy atom. The first-order chi connectivity index (χ1) is 6.03. The van der Waals surface area contributed by atoms with Crippen LogP contribution in [-0.4, -0.2) is 13.8 Å². The molecule has 0 aliphatic rings. The molecule has 0 aromatic heterocycles. The molecule has 72 valence electrons. The number of halogens is 1. The van der Waals surface area contributed by atoms with E-state index in [1.165, 1.54) is 19.2 Å². The highest BCUT2D eigenvalue weighted by atomic mass is 31.2. The highest BCUT2D eigenvalue weighted by Gasteiger charge is 2.13. The average molecular weight is 202 g/mol. The smallest absolute Gasteiger partial charge is 0.204 e. The molecule has 1 atom stereocenters. The predicted molar refractivity (Wildman–Crippen MR) is 50.6 cm³/mol. The highest BCUT2D eigenvalue weighted by molar-refractivity contribution is 7.57. The van der Waals surface area contributed by atoms with Gasteiger partial charge < -0.3 is 4.52 Å². The molecule has 0 bridgehead atoms. The summed E-state index contributed by atoms with van der Waals surface area (Å²) in [7, 11) is -1.11. The summed E-state index contributed by atoms with van der Waals surface area (Å²) in [5, 5.41) is 0. The fraction of sp³-hybridized carbons (Fsp3) is 0.333. The summed E-state index contributed by atoms with van der Waals surface area (Å²) in [5.41, 5.74) is 0.828. The Morgan fingerprint density at radius 2 is 1.92 bits per heavy atom. The van der Waals surface area contributed by atoms with Crippen molar-refractivity contribution >= 4 is 7.37 Å². The van der Waals surface area contributed by atoms with E-state index in [9.17, 15) is 8.96 Å². The van der Waals surface area contributed by atoms with Gasteiger partial charge in [-0.1, -0.05) is 12.1 Å². The van der Waals surface area contributed by atoms with Crippen molar-refractivity contribution in [3.63, 3.8) is 0 Å². The molecule has 0 fully saturated rings. The molecule has 0 radical (unpaired) electrons. The van der Waals surface area contributed by atoms with Crippen molar-refractivity contribution in [3.8, 4) is 0 Å². The number of rotatable bonds is 3. The fourth-order valence-electron chi connectivity index (χ4n) is 0.986. The number of benzene rings is 1. The molecule has 1 rings (SSSR count). The summed E-state index contributed by atoms with van der Waals surface area (Å²) >= 11 is 0. The van der Waals surface area contributed by atoms with Crippen LogP contribution in [0, 0.1) is 5.82 Å². The van der Waals surface area contributed by atoms with E-state index in [2.05, 4.69) is 0 Å². The van der Waals surface area contributed by atoms with Gasteiger partial charge in [-0.3, -0.25) is 4.57 Å². The summed E-state index contributed by atoms with van der Waals surface area (Å²) in [6.07, 6.45) is 0.351. The first-order valence-corrected chi connectivity index (χ1v) is 6.16. The Morgan fingerprint density at radius 3 is 2.38 bits per heavy atom. The second-order valence-corrected chi connectivity index (χ2v) is 5.69. The number of hydrogen-bond donors (Lipinski definition) is 0. The van der Waals surface area contributed by atoms with Gasteiger partial charge in [0.15, 0.2) is 0 Å². The third-order valence-corrected chi connectivity index (χ3v) is 3.48. The summed E-state index contributed by atoms with van der Waals surface area (Å²) in [5.74, 6) is -0.285. The lowest BCUT2D eigenvalue weighted by atomic mass is 10.2. The molecule has 0 N–H and O–H groups in total. The highest BCUT2D eigenvalue weighted by Crippen LogP contribution is 2.44. The lowest BCUT2D eigenvalue weighted by molar-refractivity contribution is 0.398. The van der Waals surface area contributed by atoms with Crippen molar-refractivity contribution in [1.29, 1.82) is 0 Å². The van der Waals surface area contributed by atoms with E-state index >= 15 is 0 Å². The summed E-state index contributed by atoms with van der Waals surface area (Å²) in [4.78, 5) is 0. The van der Waals surface area contributed by atoms with E-state index in [4.69, 9.17) is 4.52 Å². The van der Waals surface area contributed by atoms with Crippen molar-refractivity contribution in [2.24, 2.45) is 0 Å². The van der Waals surface area contributed by atoms with Crippen LogP contribution in [0.25, 0.3) is 0 Å². The molecule has 1 aromatic rings. The van der Waals surface area contributed by atoms with E-state index in [-0.39, 0.29) is 5.82 Å². The van der Waals surface area contributed by atoms with Crippen LogP contribution in [0.1, 0.15) is 5.56 Å². The fourth-order valence-corrected chi connectivity index (χ4v) is 1.99. The second kappa shape index (κ2) is 4.03. The molecule has 0 aliphatic carbocycles. The van der Waals surface area contributed by atoms with Crippen LogP contribution < -0.4 is 0 Å². The SMILES string of the molecule is COP(C)(=O)Cc1ccc(F)cc1. The van der Waals surface area contributed by atoms with Crippen molar-refractivity contribution < 1.29 is 13.5 Å². The molecule has 0 saturated carbocycles. The normalized spacial score (nSPS) is 15.3. The maximum absolute atomic E-state index is 12.5. The molecule has 0 saturated heterocycles. The second-order valence-electron chi connectivity index (χ2n) is 2.98. The maximum atomic E-state index is 12.5. The first-order valence-electron chi connectivity index (χ1n) is 3.90. The average Bonchev–Trinajstić information content (AvgIpc) is 2.09. The van der Waals surface area contributed by atoms with Crippen LogP contribution in [-0.2, 0) is 15.3 Å². The molecule has 0 heterocycles. The van der Waals surface area contributed by atoms with Crippen molar-refractivity contribution in [1.82, 2.24) is 0 Å². The molecular weight excluding hydrogens is 190 g/mol. The quantitative estimate of drug-likeness (QED) is 0.704. The van der Waals surface area contributed by atoms with Gasteiger partial charge in [0.05, 0.1) is 0 Å². The van der Waals surface area contributed by atoms with Gasteiger partial charge in [0.2, 0.25) is 7.37 Å². The third kappa shape index (κ3) is 3.29. The van der Waals surface area contributed by atoms with E-state index in [0.717, 1.165) is 5.56 Å². The molecule has 0 amide bonds. The van der Waals surface area contributed by atoms with Crippen molar-refractivity contribution in [2.75, 3.05) is 13.8 Å². The van der Waals surface area contributed by atoms with Crippen LogP contribution in [0.5, 0.6) is 0 Å². The van der Waals surface area contributed by atoms with Crippen molar-refractivity contribution in [2.45, 2.75) is 6.16 Å². The molecule has 0 aliphatic heterocycles. The van der Waals surface area contributed by atoms with Gasteiger partial charge in [-0.15, -0.1) is 0 Å². The Bertz CT molecular complexity index is 321. The topological polar surface area (TPSA) is 26.3 Å². The Hall–Kier alpha value is -0.660. The zero-order valence-electron chi connectivity index (χ0n) is 7.66. The lowest BCUT2D eigenvalue weighted by Gasteiger charge is -2.09. The molecule has 1 unspecified atom stereocenters. The summed E-state index contributed by atoms with van der Waals surface area (Å²) < 4.78 is 28.9. The maximum Gasteiger partial charge on any atom is 0.204 e. The Balaban J connectivity index is 2.75. The van der Waals surface area contributed by atoms with Gasteiger partial charge in [-0.25, -0.2) is 4.39 Å². The van der Waals surface area contributed by atoms with Gasteiger partial charge in [0.25, 0.3) is 0 Å². The molecule has 0 spiro atoms. The molecule has 13 heavy (non-hydrogen) atoms. The predicted octanol–water partition coefficient (Wildman–Crippen LogP) is 2.88. The van der Waals surface area contributed by atoms with Gasteiger partial charge >= 0.3 is 0 Å². The van der Waals surface area contributed by atoms with Crippen LogP contribution in [0.3, 0.4) is 0 Å². The minimum Gasteiger partial charge on any atom is -0.332 e. The van der Waals surface area contributed by atoms with Crippen LogP contribution in [0.2, 0.25) is 0 Å². The van der Waals surface area contributed by atoms with E-state index < -0.39 is 7.37 Å². The minimum atomic E-state index is -2.53. The Labute approximate surface area is 77.2 Å². The van der Waals surface area contributed by atoms with E-state index in [1.54, 1.807) is 18.8 Å². The van der Waals surface area contributed by atoms with E-state index in [1.807, 2.05) is 0 Å². The molecular formula is C9H12FO2P. The van der Waals surface area contributed by atoms with Gasteiger partial charge in [0.1, 0.15) is 5.82 Å². The first kappa shape index (κ1) is 10.4. The van der Waals surface area contributed by atoms with Crippen LogP contribution >= 0.6 is 7.37 Å². The molecule has 1 aromatic carbocycles. The summed E-state index contributed by atoms with van der Waals surface area (Å²) in [6, 6.07) is 5.94. The minimum absolute atomic E-state index is 0.285. The number of hydrogen-bond acceptors (Lipinski definition) is 2. The van der Waals surface area contributed by atoms with Gasteiger partial charge in [0, 0.05) is 19.9 Å². The van der Waals surface area contributed by atoms with Gasteiger partial charge in [-0.05, 0) is 17.7 Å². The van der Waals surface area contributed by atoms with E-state index in [0.29, 0.717) is 6.16 Å². The Kier molecular flexibility index (Phi) is 3.23. The summed E-state index contributed by atoms with van der Waals surface area (Å²) in [6.45, 7) is 1.57. The zero-order valence-corrected chi connectivity index (χ0v) is 8.55. The van der Waals surface area contributed by atoms with Crippen LogP contribution in [0.4, 0.5) is 4.39 Å². The van der Waals surface area contributed by atoms with Gasteiger partial charge in [-0.2, -0.15) is 0 Å². The van der Waals surface area contributed by atoms with Crippen molar-refractivity contribution in [3.05, 3.63) is 35.6 Å². The molecule has 2 nitrogen and oxygen atoms in total. The monoisotopic (exact) mass is 202 g/mol. The molecule has 4 heteroatoms. The third-order valence-electron chi connectivity index (χ3n) is 1.77. The largest absolute Gasteiger partial charge is 0.332 e. The standard InChI is InChI=1S/C9H12FO2P/c1-12-13(2,11)7-8-3-5-9(10)6-4-8/h3-6H,7H2,1-2H3.